The maximum Gasteiger partial charge on any atom is 0.314 e. The summed E-state index contributed by atoms with van der Waals surface area (Å²) in [5, 5.41) is 3.47. The van der Waals surface area contributed by atoms with E-state index in [1.54, 1.807) is 0 Å². The van der Waals surface area contributed by atoms with Crippen LogP contribution in [0.3, 0.4) is 0 Å². The van der Waals surface area contributed by atoms with Gasteiger partial charge in [0.2, 0.25) is 0 Å². The summed E-state index contributed by atoms with van der Waals surface area (Å²) in [4.78, 5) is 26.0. The van der Waals surface area contributed by atoms with Crippen molar-refractivity contribution in [1.29, 1.82) is 0 Å². The number of hydrogen-bond acceptors (Lipinski definition) is 3. The predicted octanol–water partition coefficient (Wildman–Crippen LogP) is 0.929. The second-order valence-electron chi connectivity index (χ2n) is 9.22. The van der Waals surface area contributed by atoms with E-state index in [-0.39, 0.29) is 23.3 Å². The van der Waals surface area contributed by atoms with Gasteiger partial charge in [0, 0.05) is 5.54 Å². The normalized spacial score (nSPS) is 42.2. The molecular weight excluding hydrogens is 316 g/mol. The molecule has 5 heteroatoms. The summed E-state index contributed by atoms with van der Waals surface area (Å²) < 4.78 is 5.17. The molecule has 5 fully saturated rings. The Bertz CT molecular complexity index is 498. The molecule has 0 radical (unpaired) electrons. The minimum atomic E-state index is -0.0822. The first-order chi connectivity index (χ1) is 12.0. The maximum atomic E-state index is 12.7. The van der Waals surface area contributed by atoms with E-state index in [9.17, 15) is 9.59 Å². The van der Waals surface area contributed by atoms with Gasteiger partial charge < -0.3 is 15.0 Å². The molecule has 0 aromatic carbocycles. The zero-order chi connectivity index (χ0) is 17.4. The third kappa shape index (κ3) is 3.71. The molecule has 4 bridgehead atoms. The van der Waals surface area contributed by atoms with Gasteiger partial charge in [-0.05, 0) is 76.0 Å². The number of amides is 1. The van der Waals surface area contributed by atoms with Crippen LogP contribution in [0.2, 0.25) is 0 Å². The van der Waals surface area contributed by atoms with Crippen LogP contribution < -0.4 is 10.2 Å². The van der Waals surface area contributed by atoms with Crippen LogP contribution in [0.25, 0.3) is 0 Å². The number of likely N-dealkylation sites (tertiary alicyclic amines) is 1. The van der Waals surface area contributed by atoms with E-state index in [2.05, 4.69) is 5.32 Å². The van der Waals surface area contributed by atoms with Crippen LogP contribution in [0.4, 0.5) is 0 Å². The molecule has 2 N–H and O–H groups in total. The van der Waals surface area contributed by atoms with Gasteiger partial charge in [0.05, 0.1) is 19.7 Å². The monoisotopic (exact) mass is 349 g/mol. The first-order valence-electron chi connectivity index (χ1n) is 10.4. The SMILES string of the molecule is CCOC(=O)[C@@H]1CCC[NH+](CC(=O)NC23CC4CC(CC(C4)C2)C3)C1. The van der Waals surface area contributed by atoms with Crippen LogP contribution in [0, 0.1) is 23.7 Å². The van der Waals surface area contributed by atoms with Gasteiger partial charge in [-0.3, -0.25) is 9.59 Å². The fraction of sp³-hybridized carbons (Fsp3) is 0.900. The molecule has 5 nitrogen and oxygen atoms in total. The highest BCUT2D eigenvalue weighted by atomic mass is 16.5. The van der Waals surface area contributed by atoms with Crippen LogP contribution in [-0.4, -0.2) is 43.7 Å². The van der Waals surface area contributed by atoms with Crippen molar-refractivity contribution in [2.24, 2.45) is 23.7 Å². The number of rotatable bonds is 5. The fourth-order valence-corrected chi connectivity index (χ4v) is 6.60. The number of esters is 1. The quantitative estimate of drug-likeness (QED) is 0.726. The molecular formula is C20H33N2O3+. The Hall–Kier alpha value is -1.10. The molecule has 1 unspecified atom stereocenters. The van der Waals surface area contributed by atoms with Gasteiger partial charge in [0.15, 0.2) is 6.54 Å². The molecule has 1 heterocycles. The highest BCUT2D eigenvalue weighted by Gasteiger charge is 2.51. The maximum absolute atomic E-state index is 12.7. The van der Waals surface area contributed by atoms with Crippen molar-refractivity contribution in [2.45, 2.75) is 63.8 Å². The molecule has 4 aliphatic carbocycles. The lowest BCUT2D eigenvalue weighted by atomic mass is 9.53. The van der Waals surface area contributed by atoms with Gasteiger partial charge in [-0.25, -0.2) is 0 Å². The molecule has 2 atom stereocenters. The third-order valence-corrected chi connectivity index (χ3v) is 7.09. The summed E-state index contributed by atoms with van der Waals surface area (Å²) in [6, 6.07) is 0. The summed E-state index contributed by atoms with van der Waals surface area (Å²) in [6.07, 6.45) is 9.69. The first-order valence-corrected chi connectivity index (χ1v) is 10.4. The minimum Gasteiger partial charge on any atom is -0.466 e. The van der Waals surface area contributed by atoms with E-state index in [1.165, 1.54) is 43.4 Å². The van der Waals surface area contributed by atoms with Crippen LogP contribution in [0.15, 0.2) is 0 Å². The molecule has 25 heavy (non-hydrogen) atoms. The number of piperidine rings is 1. The van der Waals surface area contributed by atoms with E-state index < -0.39 is 0 Å². The van der Waals surface area contributed by atoms with Crippen molar-refractivity contribution in [3.05, 3.63) is 0 Å². The van der Waals surface area contributed by atoms with E-state index in [4.69, 9.17) is 4.74 Å². The molecule has 5 aliphatic rings. The Kier molecular flexibility index (Phi) is 4.78. The second-order valence-corrected chi connectivity index (χ2v) is 9.22. The van der Waals surface area contributed by atoms with Crippen LogP contribution in [0.1, 0.15) is 58.3 Å². The summed E-state index contributed by atoms with van der Waals surface area (Å²) in [5.41, 5.74) is 0.0988. The van der Waals surface area contributed by atoms with Gasteiger partial charge in [0.25, 0.3) is 5.91 Å². The molecule has 140 valence electrons. The predicted molar refractivity (Wildman–Crippen MR) is 94.0 cm³/mol. The Labute approximate surface area is 150 Å². The van der Waals surface area contributed by atoms with Crippen LogP contribution in [0.5, 0.6) is 0 Å². The highest BCUT2D eigenvalue weighted by Crippen LogP contribution is 2.55. The Morgan fingerprint density at radius 3 is 2.36 bits per heavy atom. The molecule has 5 rings (SSSR count). The average molecular weight is 349 g/mol. The third-order valence-electron chi connectivity index (χ3n) is 7.09. The highest BCUT2D eigenvalue weighted by molar-refractivity contribution is 5.78. The first kappa shape index (κ1) is 17.3. The number of hydrogen-bond donors (Lipinski definition) is 2. The van der Waals surface area contributed by atoms with E-state index >= 15 is 0 Å². The van der Waals surface area contributed by atoms with Gasteiger partial charge in [-0.15, -0.1) is 0 Å². The van der Waals surface area contributed by atoms with Crippen molar-refractivity contribution < 1.29 is 19.2 Å². The molecule has 1 aliphatic heterocycles. The van der Waals surface area contributed by atoms with Crippen molar-refractivity contribution in [3.63, 3.8) is 0 Å². The van der Waals surface area contributed by atoms with Gasteiger partial charge in [-0.2, -0.15) is 0 Å². The largest absolute Gasteiger partial charge is 0.466 e. The van der Waals surface area contributed by atoms with E-state index in [0.29, 0.717) is 13.2 Å². The lowest BCUT2D eigenvalue weighted by Crippen LogP contribution is -3.15. The van der Waals surface area contributed by atoms with Crippen LogP contribution in [-0.2, 0) is 14.3 Å². The minimum absolute atomic E-state index is 0.0314. The Morgan fingerprint density at radius 2 is 1.76 bits per heavy atom. The zero-order valence-corrected chi connectivity index (χ0v) is 15.5. The number of carbonyl (C=O) groups excluding carboxylic acids is 2. The van der Waals surface area contributed by atoms with Crippen LogP contribution >= 0.6 is 0 Å². The standard InChI is InChI=1S/C20H32N2O3/c1-2-25-19(24)17-4-3-5-22(12-17)13-18(23)21-20-9-14-6-15(10-20)8-16(7-14)11-20/h14-17H,2-13H2,1H3,(H,21,23)/p+1/t14?,15?,16?,17-,20?/m1/s1. The van der Waals surface area contributed by atoms with Gasteiger partial charge >= 0.3 is 5.97 Å². The summed E-state index contributed by atoms with van der Waals surface area (Å²) in [5.74, 6) is 2.63. The Morgan fingerprint density at radius 1 is 1.12 bits per heavy atom. The molecule has 1 saturated heterocycles. The van der Waals surface area contributed by atoms with Gasteiger partial charge in [0.1, 0.15) is 5.92 Å². The second kappa shape index (κ2) is 6.90. The molecule has 1 amide bonds. The van der Waals surface area contributed by atoms with Crippen molar-refractivity contribution in [3.8, 4) is 0 Å². The van der Waals surface area contributed by atoms with E-state index in [0.717, 1.165) is 43.7 Å². The molecule has 0 aromatic rings. The van der Waals surface area contributed by atoms with E-state index in [1.807, 2.05) is 6.92 Å². The molecule has 0 spiro atoms. The van der Waals surface area contributed by atoms with Crippen molar-refractivity contribution >= 4 is 11.9 Å². The number of ether oxygens (including phenoxy) is 1. The lowest BCUT2D eigenvalue weighted by Gasteiger charge is -2.56. The molecule has 0 aromatic heterocycles. The number of nitrogens with one attached hydrogen (secondary N) is 2. The topological polar surface area (TPSA) is 59.8 Å². The molecule has 4 saturated carbocycles. The fourth-order valence-electron chi connectivity index (χ4n) is 6.60. The van der Waals surface area contributed by atoms with Crippen molar-refractivity contribution in [2.75, 3.05) is 26.2 Å². The summed E-state index contributed by atoms with van der Waals surface area (Å²) in [6.45, 7) is 4.54. The summed E-state index contributed by atoms with van der Waals surface area (Å²) >= 11 is 0. The van der Waals surface area contributed by atoms with Gasteiger partial charge in [-0.1, -0.05) is 0 Å². The average Bonchev–Trinajstić information content (AvgIpc) is 2.53. The lowest BCUT2D eigenvalue weighted by molar-refractivity contribution is -0.899. The summed E-state index contributed by atoms with van der Waals surface area (Å²) in [7, 11) is 0. The van der Waals surface area contributed by atoms with Crippen molar-refractivity contribution in [1.82, 2.24) is 5.32 Å². The Balaban J connectivity index is 1.31. The smallest absolute Gasteiger partial charge is 0.314 e. The number of carbonyl (C=O) groups is 2. The zero-order valence-electron chi connectivity index (χ0n) is 15.5. The number of quaternary nitrogens is 1.